The molecule has 5 nitrogen and oxygen atoms in total. The molecule has 1 N–H and O–H groups in total. The molecule has 0 saturated carbocycles. The Bertz CT molecular complexity index is 1100. The molecule has 2 amide bonds. The largest absolute Gasteiger partial charge is 0.350 e. The first kappa shape index (κ1) is 23.0. The quantitative estimate of drug-likeness (QED) is 0.589. The van der Waals surface area contributed by atoms with E-state index in [0.717, 1.165) is 16.7 Å². The Kier molecular flexibility index (Phi) is 7.43. The number of aryl methyl sites for hydroxylation is 1. The number of benzene rings is 3. The van der Waals surface area contributed by atoms with Gasteiger partial charge >= 0.3 is 0 Å². The maximum atomic E-state index is 13.3. The molecule has 0 radical (unpaired) electrons. The Balaban J connectivity index is 1.45. The number of halogens is 1. The van der Waals surface area contributed by atoms with E-state index in [9.17, 15) is 9.59 Å². The lowest BCUT2D eigenvalue weighted by atomic mass is 10.0. The van der Waals surface area contributed by atoms with Gasteiger partial charge in [0.1, 0.15) is 6.04 Å². The third-order valence-corrected chi connectivity index (χ3v) is 6.30. The van der Waals surface area contributed by atoms with E-state index < -0.39 is 6.04 Å². The van der Waals surface area contributed by atoms with Gasteiger partial charge in [-0.1, -0.05) is 78.3 Å². The maximum Gasteiger partial charge on any atom is 0.254 e. The number of carbonyl (C=O) groups is 2. The molecular weight excluding hydrogens is 434 g/mol. The van der Waals surface area contributed by atoms with Crippen LogP contribution in [0, 0.1) is 6.92 Å². The maximum absolute atomic E-state index is 13.3. The van der Waals surface area contributed by atoms with E-state index in [4.69, 9.17) is 11.6 Å². The van der Waals surface area contributed by atoms with Crippen molar-refractivity contribution in [1.82, 2.24) is 15.1 Å². The van der Waals surface area contributed by atoms with E-state index in [1.807, 2.05) is 78.6 Å². The third-order valence-electron chi connectivity index (χ3n) is 6.07. The van der Waals surface area contributed by atoms with Gasteiger partial charge in [0.05, 0.1) is 0 Å². The second kappa shape index (κ2) is 10.6. The van der Waals surface area contributed by atoms with Crippen LogP contribution >= 0.6 is 11.6 Å². The number of nitrogens with zero attached hydrogens (tertiary/aromatic N) is 2. The summed E-state index contributed by atoms with van der Waals surface area (Å²) in [6.07, 6.45) is 0. The first-order chi connectivity index (χ1) is 16.0. The fraction of sp³-hybridized carbons (Fsp3) is 0.259. The number of carbonyl (C=O) groups excluding carboxylic acids is 2. The topological polar surface area (TPSA) is 52.7 Å². The highest BCUT2D eigenvalue weighted by Crippen LogP contribution is 2.24. The lowest BCUT2D eigenvalue weighted by molar-refractivity contribution is -0.127. The predicted octanol–water partition coefficient (Wildman–Crippen LogP) is 4.46. The van der Waals surface area contributed by atoms with Crippen molar-refractivity contribution < 1.29 is 9.59 Å². The number of hydrogen-bond donors (Lipinski definition) is 1. The second-order valence-corrected chi connectivity index (χ2v) is 8.74. The Labute approximate surface area is 200 Å². The molecule has 33 heavy (non-hydrogen) atoms. The van der Waals surface area contributed by atoms with Crippen molar-refractivity contribution in [3.63, 3.8) is 0 Å². The highest BCUT2D eigenvalue weighted by molar-refractivity contribution is 6.31. The molecule has 0 spiro atoms. The van der Waals surface area contributed by atoms with Gasteiger partial charge in [-0.25, -0.2) is 0 Å². The molecule has 1 aliphatic heterocycles. The summed E-state index contributed by atoms with van der Waals surface area (Å²) < 4.78 is 0. The average molecular weight is 462 g/mol. The number of hydrogen-bond acceptors (Lipinski definition) is 3. The van der Waals surface area contributed by atoms with E-state index in [1.54, 1.807) is 12.1 Å². The van der Waals surface area contributed by atoms with E-state index >= 15 is 0 Å². The summed E-state index contributed by atoms with van der Waals surface area (Å²) in [6, 6.07) is 24.7. The Hall–Kier alpha value is -3.15. The highest BCUT2D eigenvalue weighted by atomic mass is 35.5. The summed E-state index contributed by atoms with van der Waals surface area (Å²) in [6.45, 7) is 4.74. The van der Waals surface area contributed by atoms with E-state index in [-0.39, 0.29) is 11.8 Å². The Morgan fingerprint density at radius 2 is 1.55 bits per heavy atom. The van der Waals surface area contributed by atoms with Gasteiger partial charge in [0.25, 0.3) is 5.91 Å². The predicted molar refractivity (Wildman–Crippen MR) is 131 cm³/mol. The first-order valence-electron chi connectivity index (χ1n) is 11.2. The third kappa shape index (κ3) is 5.62. The van der Waals surface area contributed by atoms with E-state index in [2.05, 4.69) is 10.2 Å². The van der Waals surface area contributed by atoms with Crippen molar-refractivity contribution in [2.75, 3.05) is 26.2 Å². The summed E-state index contributed by atoms with van der Waals surface area (Å²) >= 11 is 6.12. The highest BCUT2D eigenvalue weighted by Gasteiger charge is 2.32. The number of piperazine rings is 1. The molecule has 4 rings (SSSR count). The van der Waals surface area contributed by atoms with Gasteiger partial charge in [-0.3, -0.25) is 14.5 Å². The van der Waals surface area contributed by atoms with Crippen LogP contribution in [-0.2, 0) is 11.3 Å². The van der Waals surface area contributed by atoms with Crippen LogP contribution in [0.25, 0.3) is 0 Å². The molecule has 0 bridgehead atoms. The molecule has 1 saturated heterocycles. The van der Waals surface area contributed by atoms with Crippen molar-refractivity contribution in [2.45, 2.75) is 19.5 Å². The molecule has 6 heteroatoms. The van der Waals surface area contributed by atoms with E-state index in [1.165, 1.54) is 0 Å². The minimum Gasteiger partial charge on any atom is -0.350 e. The van der Waals surface area contributed by atoms with Gasteiger partial charge < -0.3 is 10.2 Å². The zero-order valence-electron chi connectivity index (χ0n) is 18.7. The fourth-order valence-electron chi connectivity index (χ4n) is 4.22. The first-order valence-corrected chi connectivity index (χ1v) is 11.6. The molecule has 1 heterocycles. The van der Waals surface area contributed by atoms with Crippen molar-refractivity contribution in [3.05, 3.63) is 106 Å². The Morgan fingerprint density at radius 3 is 2.21 bits per heavy atom. The molecule has 1 aliphatic rings. The summed E-state index contributed by atoms with van der Waals surface area (Å²) in [5.41, 5.74) is 3.56. The van der Waals surface area contributed by atoms with Gasteiger partial charge in [0.15, 0.2) is 0 Å². The van der Waals surface area contributed by atoms with Crippen LogP contribution in [0.1, 0.15) is 33.1 Å². The van der Waals surface area contributed by atoms with Gasteiger partial charge in [-0.15, -0.1) is 0 Å². The van der Waals surface area contributed by atoms with Crippen LogP contribution in [-0.4, -0.2) is 47.8 Å². The van der Waals surface area contributed by atoms with Crippen molar-refractivity contribution in [3.8, 4) is 0 Å². The van der Waals surface area contributed by atoms with Crippen LogP contribution < -0.4 is 5.32 Å². The summed E-state index contributed by atoms with van der Waals surface area (Å²) in [4.78, 5) is 30.4. The average Bonchev–Trinajstić information content (AvgIpc) is 2.86. The molecule has 3 aromatic carbocycles. The zero-order valence-corrected chi connectivity index (χ0v) is 19.5. The molecule has 1 atom stereocenters. The van der Waals surface area contributed by atoms with Crippen molar-refractivity contribution in [2.24, 2.45) is 0 Å². The van der Waals surface area contributed by atoms with Crippen molar-refractivity contribution >= 4 is 23.4 Å². The summed E-state index contributed by atoms with van der Waals surface area (Å²) in [5.74, 6) is -0.0463. The van der Waals surface area contributed by atoms with Gasteiger partial charge in [0, 0.05) is 43.3 Å². The van der Waals surface area contributed by atoms with Gasteiger partial charge in [0.2, 0.25) is 5.91 Å². The van der Waals surface area contributed by atoms with Crippen LogP contribution in [0.15, 0.2) is 78.9 Å². The molecule has 170 valence electrons. The van der Waals surface area contributed by atoms with Crippen LogP contribution in [0.5, 0.6) is 0 Å². The molecule has 0 aromatic heterocycles. The Morgan fingerprint density at radius 1 is 0.909 bits per heavy atom. The van der Waals surface area contributed by atoms with Crippen LogP contribution in [0.4, 0.5) is 0 Å². The summed E-state index contributed by atoms with van der Waals surface area (Å²) in [7, 11) is 0. The number of nitrogens with one attached hydrogen (secondary N) is 1. The van der Waals surface area contributed by atoms with Crippen molar-refractivity contribution in [1.29, 1.82) is 0 Å². The van der Waals surface area contributed by atoms with Gasteiger partial charge in [-0.2, -0.15) is 0 Å². The molecule has 1 fully saturated rings. The molecule has 3 aromatic rings. The van der Waals surface area contributed by atoms with Crippen LogP contribution in [0.2, 0.25) is 5.02 Å². The minimum atomic E-state index is -0.403. The zero-order chi connectivity index (χ0) is 23.2. The smallest absolute Gasteiger partial charge is 0.254 e. The summed E-state index contributed by atoms with van der Waals surface area (Å²) in [5, 5.41) is 3.65. The SMILES string of the molecule is Cc1ccc(Cl)cc1C(=O)N1CCN(C(C(=O)NCc2ccccc2)c2ccccc2)CC1. The standard InChI is InChI=1S/C27H28ClN3O2/c1-20-12-13-23(28)18-24(20)27(33)31-16-14-30(15-17-31)25(22-10-6-3-7-11-22)26(32)29-19-21-8-4-2-5-9-21/h2-13,18,25H,14-17,19H2,1H3,(H,29,32). The second-order valence-electron chi connectivity index (χ2n) is 8.30. The number of amides is 2. The van der Waals surface area contributed by atoms with Crippen LogP contribution in [0.3, 0.4) is 0 Å². The van der Waals surface area contributed by atoms with E-state index in [0.29, 0.717) is 43.3 Å². The minimum absolute atomic E-state index is 0.0144. The lowest BCUT2D eigenvalue weighted by Crippen LogP contribution is -2.52. The molecular formula is C27H28ClN3O2. The molecule has 1 unspecified atom stereocenters. The monoisotopic (exact) mass is 461 g/mol. The van der Waals surface area contributed by atoms with Gasteiger partial charge in [-0.05, 0) is 35.7 Å². The lowest BCUT2D eigenvalue weighted by Gasteiger charge is -2.39. The molecule has 0 aliphatic carbocycles. The number of rotatable bonds is 6. The normalized spacial score (nSPS) is 15.2. The fourth-order valence-corrected chi connectivity index (χ4v) is 4.40.